The number of primary amides is 1. The first-order valence-corrected chi connectivity index (χ1v) is 9.21. The number of hydrogen-bond donors (Lipinski definition) is 1. The molecule has 1 aromatic heterocycles. The van der Waals surface area contributed by atoms with Gasteiger partial charge in [0.2, 0.25) is 5.91 Å². The molecule has 0 unspecified atom stereocenters. The quantitative estimate of drug-likeness (QED) is 0.886. The van der Waals surface area contributed by atoms with Crippen LogP contribution in [-0.4, -0.2) is 29.2 Å². The number of amides is 1. The van der Waals surface area contributed by atoms with Crippen LogP contribution >= 0.6 is 11.6 Å². The summed E-state index contributed by atoms with van der Waals surface area (Å²) < 4.78 is 13.4. The van der Waals surface area contributed by atoms with Crippen LogP contribution in [0.2, 0.25) is 5.15 Å². The van der Waals surface area contributed by atoms with Crippen LogP contribution in [0.15, 0.2) is 30.3 Å². The van der Waals surface area contributed by atoms with E-state index in [0.717, 1.165) is 37.3 Å². The predicted molar refractivity (Wildman–Crippen MR) is 99.8 cm³/mol. The number of anilines is 1. The molecular weight excluding hydrogens is 355 g/mol. The Labute approximate surface area is 157 Å². The molecule has 1 aromatic carbocycles. The highest BCUT2D eigenvalue weighted by atomic mass is 35.5. The van der Waals surface area contributed by atoms with Gasteiger partial charge in [0, 0.05) is 13.1 Å². The van der Waals surface area contributed by atoms with Crippen molar-refractivity contribution in [1.29, 1.82) is 0 Å². The van der Waals surface area contributed by atoms with Gasteiger partial charge >= 0.3 is 0 Å². The van der Waals surface area contributed by atoms with Gasteiger partial charge in [-0.25, -0.2) is 4.39 Å². The van der Waals surface area contributed by atoms with E-state index in [1.54, 1.807) is 18.2 Å². The topological polar surface area (TPSA) is 72.1 Å². The fourth-order valence-electron chi connectivity index (χ4n) is 3.03. The largest absolute Gasteiger partial charge is 0.369 e. The number of hydrogen-bond acceptors (Lipinski definition) is 4. The lowest BCUT2D eigenvalue weighted by atomic mass is 10.1. The van der Waals surface area contributed by atoms with Crippen molar-refractivity contribution < 1.29 is 9.18 Å². The van der Waals surface area contributed by atoms with Crippen molar-refractivity contribution in [3.63, 3.8) is 0 Å². The fraction of sp³-hybridized carbons (Fsp3) is 0.421. The molecule has 5 nitrogen and oxygen atoms in total. The zero-order chi connectivity index (χ0) is 18.5. The number of rotatable bonds is 4. The maximum Gasteiger partial charge on any atom is 0.221 e. The number of benzene rings is 1. The van der Waals surface area contributed by atoms with Crippen LogP contribution in [-0.2, 0) is 11.2 Å². The second kappa shape index (κ2) is 8.45. The van der Waals surface area contributed by atoms with Gasteiger partial charge < -0.3 is 10.6 Å². The molecule has 0 bridgehead atoms. The van der Waals surface area contributed by atoms with Crippen molar-refractivity contribution in [2.24, 2.45) is 5.73 Å². The minimum absolute atomic E-state index is 0.113. The van der Waals surface area contributed by atoms with Crippen LogP contribution in [0.3, 0.4) is 0 Å². The van der Waals surface area contributed by atoms with Crippen LogP contribution in [0.25, 0.3) is 0 Å². The minimum Gasteiger partial charge on any atom is -0.369 e. The summed E-state index contributed by atoms with van der Waals surface area (Å²) in [6.07, 6.45) is 4.77. The van der Waals surface area contributed by atoms with Gasteiger partial charge in [-0.1, -0.05) is 23.7 Å². The Kier molecular flexibility index (Phi) is 6.04. The highest BCUT2D eigenvalue weighted by Crippen LogP contribution is 2.41. The van der Waals surface area contributed by atoms with Gasteiger partial charge in [-0.2, -0.15) is 0 Å². The molecular formula is C19H22ClFN4O. The Bertz CT molecular complexity index is 759. The molecule has 1 amide bonds. The molecule has 1 aliphatic heterocycles. The Morgan fingerprint density at radius 2 is 1.92 bits per heavy atom. The van der Waals surface area contributed by atoms with Crippen molar-refractivity contribution in [3.05, 3.63) is 52.4 Å². The van der Waals surface area contributed by atoms with Crippen LogP contribution in [0, 0.1) is 5.82 Å². The molecule has 1 saturated heterocycles. The number of carbonyl (C=O) groups excluding carboxylic acids is 1. The molecule has 26 heavy (non-hydrogen) atoms. The highest BCUT2D eigenvalue weighted by Gasteiger charge is 2.26. The summed E-state index contributed by atoms with van der Waals surface area (Å²) in [4.78, 5) is 12.8. The number of halogens is 2. The van der Waals surface area contributed by atoms with Gasteiger partial charge in [-0.05, 0) is 60.9 Å². The zero-order valence-corrected chi connectivity index (χ0v) is 15.3. The molecule has 2 aromatic rings. The summed E-state index contributed by atoms with van der Waals surface area (Å²) >= 11 is 5.63. The summed E-state index contributed by atoms with van der Waals surface area (Å²) in [5.41, 5.74) is 6.45. The normalized spacial score (nSPS) is 16.2. The smallest absolute Gasteiger partial charge is 0.221 e. The summed E-state index contributed by atoms with van der Waals surface area (Å²) in [6, 6.07) is 8.66. The molecule has 2 heterocycles. The number of carbonyl (C=O) groups is 1. The van der Waals surface area contributed by atoms with Gasteiger partial charge in [0.25, 0.3) is 0 Å². The van der Waals surface area contributed by atoms with Crippen molar-refractivity contribution in [3.8, 4) is 0 Å². The van der Waals surface area contributed by atoms with E-state index in [4.69, 9.17) is 17.3 Å². The lowest BCUT2D eigenvalue weighted by molar-refractivity contribution is -0.117. The van der Waals surface area contributed by atoms with E-state index in [9.17, 15) is 9.18 Å². The summed E-state index contributed by atoms with van der Waals surface area (Å²) in [5.74, 6) is 0.712. The van der Waals surface area contributed by atoms with Gasteiger partial charge in [-0.3, -0.25) is 4.79 Å². The molecule has 0 atom stereocenters. The molecule has 0 radical (unpaired) electrons. The molecule has 1 aliphatic carbocycles. The third-order valence-corrected chi connectivity index (χ3v) is 4.71. The Morgan fingerprint density at radius 1 is 1.19 bits per heavy atom. The lowest BCUT2D eigenvalue weighted by Crippen LogP contribution is -2.19. The summed E-state index contributed by atoms with van der Waals surface area (Å²) in [5, 5.41) is 8.26. The number of nitrogens with two attached hydrogens (primary N) is 1. The van der Waals surface area contributed by atoms with Crippen LogP contribution < -0.4 is 10.6 Å². The van der Waals surface area contributed by atoms with E-state index in [-0.39, 0.29) is 12.2 Å². The second-order valence-electron chi connectivity index (χ2n) is 6.68. The number of aromatic nitrogens is 2. The zero-order valence-electron chi connectivity index (χ0n) is 14.5. The molecule has 1 saturated carbocycles. The van der Waals surface area contributed by atoms with Crippen molar-refractivity contribution in [2.45, 2.75) is 38.0 Å². The second-order valence-corrected chi connectivity index (χ2v) is 7.07. The monoisotopic (exact) mass is 376 g/mol. The van der Waals surface area contributed by atoms with E-state index in [1.807, 2.05) is 6.07 Å². The fourth-order valence-corrected chi connectivity index (χ4v) is 3.13. The molecule has 2 N–H and O–H groups in total. The van der Waals surface area contributed by atoms with E-state index in [2.05, 4.69) is 15.1 Å². The van der Waals surface area contributed by atoms with E-state index in [0.29, 0.717) is 16.6 Å². The average molecular weight is 377 g/mol. The first-order chi connectivity index (χ1) is 12.5. The lowest BCUT2D eigenvalue weighted by Gasteiger charge is -2.14. The standard InChI is InChI=1S/C11H12FNO.C8H10ClN3/c12-10-5-7(6-11(13)14)1-4-9(10)8-2-3-8;9-7-3-4-8(11-10-7)12-5-1-2-6-12/h1,4-5,8H,2-3,6H2,(H2,13,14);3-4H,1-2,5-6H2. The molecule has 138 valence electrons. The van der Waals surface area contributed by atoms with E-state index in [1.165, 1.54) is 18.9 Å². The third kappa shape index (κ3) is 5.14. The molecule has 2 fully saturated rings. The average Bonchev–Trinajstić information content (AvgIpc) is 3.29. The minimum atomic E-state index is -0.427. The van der Waals surface area contributed by atoms with Crippen LogP contribution in [0.4, 0.5) is 10.2 Å². The van der Waals surface area contributed by atoms with Gasteiger partial charge in [0.05, 0.1) is 6.42 Å². The SMILES string of the molecule is Clc1ccc(N2CCCC2)nn1.NC(=O)Cc1ccc(C2CC2)c(F)c1. The number of nitrogens with zero attached hydrogens (tertiary/aromatic N) is 3. The summed E-state index contributed by atoms with van der Waals surface area (Å²) in [7, 11) is 0. The third-order valence-electron chi connectivity index (χ3n) is 4.51. The Morgan fingerprint density at radius 3 is 2.46 bits per heavy atom. The van der Waals surface area contributed by atoms with Gasteiger partial charge in [0.1, 0.15) is 5.82 Å². The van der Waals surface area contributed by atoms with Crippen LogP contribution in [0.1, 0.15) is 42.7 Å². The predicted octanol–water partition coefficient (Wildman–Crippen LogP) is 3.46. The van der Waals surface area contributed by atoms with Crippen LogP contribution in [0.5, 0.6) is 0 Å². The maximum absolute atomic E-state index is 13.4. The van der Waals surface area contributed by atoms with Gasteiger partial charge in [-0.15, -0.1) is 10.2 Å². The first kappa shape index (κ1) is 18.6. The van der Waals surface area contributed by atoms with E-state index < -0.39 is 5.91 Å². The van der Waals surface area contributed by atoms with Crippen molar-refractivity contribution in [2.75, 3.05) is 18.0 Å². The van der Waals surface area contributed by atoms with Gasteiger partial charge in [0.15, 0.2) is 11.0 Å². The van der Waals surface area contributed by atoms with Crippen molar-refractivity contribution in [1.82, 2.24) is 10.2 Å². The Hall–Kier alpha value is -2.21. The highest BCUT2D eigenvalue weighted by molar-refractivity contribution is 6.29. The van der Waals surface area contributed by atoms with E-state index >= 15 is 0 Å². The van der Waals surface area contributed by atoms with Crippen molar-refractivity contribution >= 4 is 23.3 Å². The molecule has 7 heteroatoms. The molecule has 0 spiro atoms. The molecule has 4 rings (SSSR count). The summed E-state index contributed by atoms with van der Waals surface area (Å²) in [6.45, 7) is 2.19. The molecule has 2 aliphatic rings. The Balaban J connectivity index is 0.000000152. The maximum atomic E-state index is 13.4. The first-order valence-electron chi connectivity index (χ1n) is 8.84.